The molecule has 3 N–H and O–H groups in total. The SMILES string of the molecule is Nc1ccc(Nc2cc(C(F)(F)F)ccc2Cl)cc1. The van der Waals surface area contributed by atoms with Gasteiger partial charge >= 0.3 is 6.18 Å². The fourth-order valence-corrected chi connectivity index (χ4v) is 1.68. The van der Waals surface area contributed by atoms with Gasteiger partial charge in [0.25, 0.3) is 0 Å². The molecule has 2 aromatic carbocycles. The number of halogens is 4. The van der Waals surface area contributed by atoms with Crippen molar-refractivity contribution < 1.29 is 13.2 Å². The second-order valence-electron chi connectivity index (χ2n) is 3.94. The lowest BCUT2D eigenvalue weighted by Gasteiger charge is -2.12. The van der Waals surface area contributed by atoms with Crippen molar-refractivity contribution >= 4 is 28.7 Å². The van der Waals surface area contributed by atoms with E-state index in [4.69, 9.17) is 17.3 Å². The van der Waals surface area contributed by atoms with Crippen LogP contribution in [0.25, 0.3) is 0 Å². The molecule has 2 rings (SSSR count). The van der Waals surface area contributed by atoms with Crippen LogP contribution in [-0.2, 0) is 6.18 Å². The van der Waals surface area contributed by atoms with E-state index in [9.17, 15) is 13.2 Å². The van der Waals surface area contributed by atoms with Crippen LogP contribution in [0.5, 0.6) is 0 Å². The third-order valence-corrected chi connectivity index (χ3v) is 2.81. The van der Waals surface area contributed by atoms with Crippen molar-refractivity contribution in [2.75, 3.05) is 11.1 Å². The van der Waals surface area contributed by atoms with Crippen LogP contribution in [0.4, 0.5) is 30.2 Å². The van der Waals surface area contributed by atoms with E-state index < -0.39 is 11.7 Å². The average molecular weight is 287 g/mol. The number of hydrogen-bond donors (Lipinski definition) is 2. The van der Waals surface area contributed by atoms with Gasteiger partial charge in [-0.15, -0.1) is 0 Å². The first-order valence-corrected chi connectivity index (χ1v) is 5.73. The van der Waals surface area contributed by atoms with Crippen LogP contribution in [0.2, 0.25) is 5.02 Å². The monoisotopic (exact) mass is 286 g/mol. The maximum absolute atomic E-state index is 12.6. The van der Waals surface area contributed by atoms with Crippen molar-refractivity contribution in [2.45, 2.75) is 6.18 Å². The summed E-state index contributed by atoms with van der Waals surface area (Å²) in [5, 5.41) is 3.04. The minimum Gasteiger partial charge on any atom is -0.399 e. The van der Waals surface area contributed by atoms with Crippen LogP contribution in [0.1, 0.15) is 5.56 Å². The van der Waals surface area contributed by atoms with E-state index in [-0.39, 0.29) is 10.7 Å². The highest BCUT2D eigenvalue weighted by molar-refractivity contribution is 6.33. The summed E-state index contributed by atoms with van der Waals surface area (Å²) in [7, 11) is 0. The van der Waals surface area contributed by atoms with Gasteiger partial charge in [0.05, 0.1) is 16.3 Å². The number of nitrogen functional groups attached to an aromatic ring is 1. The molecular formula is C13H10ClF3N2. The molecule has 6 heteroatoms. The lowest BCUT2D eigenvalue weighted by Crippen LogP contribution is -2.05. The Bertz CT molecular complexity index is 579. The molecule has 0 atom stereocenters. The predicted molar refractivity (Wildman–Crippen MR) is 70.6 cm³/mol. The van der Waals surface area contributed by atoms with Crippen LogP contribution in [0.15, 0.2) is 42.5 Å². The number of alkyl halides is 3. The number of hydrogen-bond acceptors (Lipinski definition) is 2. The zero-order chi connectivity index (χ0) is 14.0. The lowest BCUT2D eigenvalue weighted by molar-refractivity contribution is -0.137. The number of benzene rings is 2. The van der Waals surface area contributed by atoms with Crippen molar-refractivity contribution in [2.24, 2.45) is 0 Å². The Balaban J connectivity index is 2.31. The van der Waals surface area contributed by atoms with Gasteiger partial charge < -0.3 is 11.1 Å². The first kappa shape index (κ1) is 13.5. The molecular weight excluding hydrogens is 277 g/mol. The van der Waals surface area contributed by atoms with E-state index >= 15 is 0 Å². The van der Waals surface area contributed by atoms with E-state index in [1.165, 1.54) is 6.07 Å². The minimum atomic E-state index is -4.40. The quantitative estimate of drug-likeness (QED) is 0.786. The third-order valence-electron chi connectivity index (χ3n) is 2.48. The fourth-order valence-electron chi connectivity index (χ4n) is 1.52. The first-order valence-electron chi connectivity index (χ1n) is 5.35. The van der Waals surface area contributed by atoms with Crippen molar-refractivity contribution in [3.63, 3.8) is 0 Å². The minimum absolute atomic E-state index is 0.196. The molecule has 0 radical (unpaired) electrons. The van der Waals surface area contributed by atoms with Crippen molar-refractivity contribution in [3.05, 3.63) is 53.1 Å². The molecule has 0 aromatic heterocycles. The van der Waals surface area contributed by atoms with E-state index in [0.29, 0.717) is 11.4 Å². The number of nitrogens with one attached hydrogen (secondary N) is 1. The lowest BCUT2D eigenvalue weighted by atomic mass is 10.2. The Morgan fingerprint density at radius 1 is 1.00 bits per heavy atom. The number of rotatable bonds is 2. The van der Waals surface area contributed by atoms with Crippen LogP contribution in [0, 0.1) is 0 Å². The zero-order valence-electron chi connectivity index (χ0n) is 9.63. The molecule has 0 spiro atoms. The van der Waals surface area contributed by atoms with Crippen molar-refractivity contribution in [1.29, 1.82) is 0 Å². The summed E-state index contributed by atoms with van der Waals surface area (Å²) in [4.78, 5) is 0. The molecule has 0 aliphatic rings. The largest absolute Gasteiger partial charge is 0.416 e. The third kappa shape index (κ3) is 3.32. The maximum atomic E-state index is 12.6. The van der Waals surface area contributed by atoms with Crippen molar-refractivity contribution in [1.82, 2.24) is 0 Å². The maximum Gasteiger partial charge on any atom is 0.416 e. The number of nitrogens with two attached hydrogens (primary N) is 1. The zero-order valence-corrected chi connectivity index (χ0v) is 10.4. The first-order chi connectivity index (χ1) is 8.86. The Morgan fingerprint density at radius 3 is 2.21 bits per heavy atom. The standard InChI is InChI=1S/C13H10ClF3N2/c14-11-6-1-8(13(15,16)17)7-12(11)19-10-4-2-9(18)3-5-10/h1-7,19H,18H2. The molecule has 100 valence electrons. The molecule has 0 aliphatic carbocycles. The Hall–Kier alpha value is -1.88. The summed E-state index contributed by atoms with van der Waals surface area (Å²) in [5.41, 5.74) is 6.15. The summed E-state index contributed by atoms with van der Waals surface area (Å²) in [6.07, 6.45) is -4.40. The van der Waals surface area contributed by atoms with Crippen LogP contribution >= 0.6 is 11.6 Å². The second kappa shape index (κ2) is 5.01. The molecule has 0 saturated carbocycles. The normalized spacial score (nSPS) is 11.4. The van der Waals surface area contributed by atoms with E-state index in [0.717, 1.165) is 12.1 Å². The smallest absolute Gasteiger partial charge is 0.399 e. The van der Waals surface area contributed by atoms with Gasteiger partial charge in [-0.1, -0.05) is 11.6 Å². The van der Waals surface area contributed by atoms with E-state index in [2.05, 4.69) is 5.32 Å². The summed E-state index contributed by atoms with van der Waals surface area (Å²) in [5.74, 6) is 0. The molecule has 2 nitrogen and oxygen atoms in total. The van der Waals surface area contributed by atoms with Gasteiger partial charge in [-0.3, -0.25) is 0 Å². The molecule has 0 aliphatic heterocycles. The topological polar surface area (TPSA) is 38.0 Å². The van der Waals surface area contributed by atoms with E-state index in [1.807, 2.05) is 0 Å². The predicted octanol–water partition coefficient (Wildman–Crippen LogP) is 4.68. The van der Waals surface area contributed by atoms with Crippen LogP contribution in [-0.4, -0.2) is 0 Å². The average Bonchev–Trinajstić information content (AvgIpc) is 2.33. The molecule has 0 saturated heterocycles. The Kier molecular flexibility index (Phi) is 3.57. The van der Waals surface area contributed by atoms with Gasteiger partial charge in [-0.25, -0.2) is 0 Å². The van der Waals surface area contributed by atoms with Gasteiger partial charge in [-0.05, 0) is 42.5 Å². The van der Waals surface area contributed by atoms with Gasteiger partial charge in [0, 0.05) is 11.4 Å². The molecule has 0 amide bonds. The molecule has 0 unspecified atom stereocenters. The van der Waals surface area contributed by atoms with Gasteiger partial charge in [-0.2, -0.15) is 13.2 Å². The van der Waals surface area contributed by atoms with Gasteiger partial charge in [0.15, 0.2) is 0 Å². The highest BCUT2D eigenvalue weighted by Gasteiger charge is 2.30. The second-order valence-corrected chi connectivity index (χ2v) is 4.35. The molecule has 2 aromatic rings. The number of anilines is 3. The Morgan fingerprint density at radius 2 is 1.63 bits per heavy atom. The van der Waals surface area contributed by atoms with Crippen LogP contribution < -0.4 is 11.1 Å². The molecule has 19 heavy (non-hydrogen) atoms. The summed E-state index contributed by atoms with van der Waals surface area (Å²) in [6, 6.07) is 9.73. The summed E-state index contributed by atoms with van der Waals surface area (Å²) < 4.78 is 37.8. The van der Waals surface area contributed by atoms with Crippen LogP contribution in [0.3, 0.4) is 0 Å². The van der Waals surface area contributed by atoms with Gasteiger partial charge in [0.1, 0.15) is 0 Å². The fraction of sp³-hybridized carbons (Fsp3) is 0.0769. The highest BCUT2D eigenvalue weighted by atomic mass is 35.5. The van der Waals surface area contributed by atoms with E-state index in [1.54, 1.807) is 24.3 Å². The summed E-state index contributed by atoms with van der Waals surface area (Å²) >= 11 is 5.87. The Labute approximate surface area is 113 Å². The summed E-state index contributed by atoms with van der Waals surface area (Å²) in [6.45, 7) is 0. The molecule has 0 bridgehead atoms. The van der Waals surface area contributed by atoms with Crippen molar-refractivity contribution in [3.8, 4) is 0 Å². The highest BCUT2D eigenvalue weighted by Crippen LogP contribution is 2.34. The molecule has 0 heterocycles. The van der Waals surface area contributed by atoms with Gasteiger partial charge in [0.2, 0.25) is 0 Å². The molecule has 0 fully saturated rings.